The molecule has 134 valence electrons. The summed E-state index contributed by atoms with van der Waals surface area (Å²) >= 11 is 5.65. The van der Waals surface area contributed by atoms with E-state index in [0.29, 0.717) is 5.02 Å². The lowest BCUT2D eigenvalue weighted by Crippen LogP contribution is -2.50. The first-order chi connectivity index (χ1) is 11.0. The smallest absolute Gasteiger partial charge is 0.326 e. The fraction of sp³-hybridized carbons (Fsp3) is 0.385. The predicted octanol–water partition coefficient (Wildman–Crippen LogP) is 1.23. The van der Waals surface area contributed by atoms with Gasteiger partial charge in [-0.3, -0.25) is 4.79 Å². The lowest BCUT2D eigenvalue weighted by atomic mass is 10.2. The van der Waals surface area contributed by atoms with Crippen molar-refractivity contribution in [2.45, 2.75) is 36.7 Å². The number of rotatable bonds is 8. The maximum absolute atomic E-state index is 12.3. The van der Waals surface area contributed by atoms with Crippen LogP contribution in [-0.4, -0.2) is 43.9 Å². The van der Waals surface area contributed by atoms with Crippen LogP contribution in [-0.2, 0) is 19.6 Å². The van der Waals surface area contributed by atoms with Crippen molar-refractivity contribution < 1.29 is 31.9 Å². The van der Waals surface area contributed by atoms with Gasteiger partial charge in [-0.15, -0.1) is 0 Å². The van der Waals surface area contributed by atoms with Crippen molar-refractivity contribution in [1.29, 1.82) is 0 Å². The number of alkyl halides is 2. The Labute approximate surface area is 142 Å². The average molecular weight is 385 g/mol. The van der Waals surface area contributed by atoms with Crippen molar-refractivity contribution >= 4 is 33.5 Å². The van der Waals surface area contributed by atoms with Gasteiger partial charge in [-0.2, -0.15) is 4.72 Å². The Balaban J connectivity index is 2.78. The summed E-state index contributed by atoms with van der Waals surface area (Å²) in [5.41, 5.74) is 0. The van der Waals surface area contributed by atoms with Gasteiger partial charge in [-0.05, 0) is 31.2 Å². The number of carbonyl (C=O) groups is 2. The van der Waals surface area contributed by atoms with E-state index in [1.54, 1.807) is 0 Å². The molecule has 0 radical (unpaired) electrons. The number of carboxylic acids is 1. The molecule has 2 unspecified atom stereocenters. The molecule has 1 aromatic carbocycles. The highest BCUT2D eigenvalue weighted by Crippen LogP contribution is 2.14. The van der Waals surface area contributed by atoms with Crippen LogP contribution in [0.15, 0.2) is 29.2 Å². The lowest BCUT2D eigenvalue weighted by Gasteiger charge is -2.18. The van der Waals surface area contributed by atoms with Crippen molar-refractivity contribution in [3.05, 3.63) is 29.3 Å². The molecule has 0 saturated carbocycles. The number of aliphatic carboxylic acids is 1. The second kappa shape index (κ2) is 8.36. The number of amides is 1. The summed E-state index contributed by atoms with van der Waals surface area (Å²) in [6, 6.07) is 1.91. The van der Waals surface area contributed by atoms with E-state index >= 15 is 0 Å². The molecule has 11 heteroatoms. The minimum atomic E-state index is -4.07. The van der Waals surface area contributed by atoms with Gasteiger partial charge in [0.2, 0.25) is 22.4 Å². The van der Waals surface area contributed by atoms with E-state index in [0.717, 1.165) is 6.92 Å². The van der Waals surface area contributed by atoms with Gasteiger partial charge in [-0.25, -0.2) is 22.0 Å². The first kappa shape index (κ1) is 20.3. The van der Waals surface area contributed by atoms with Gasteiger partial charge >= 0.3 is 5.97 Å². The number of nitrogens with one attached hydrogen (secondary N) is 2. The zero-order chi connectivity index (χ0) is 18.5. The van der Waals surface area contributed by atoms with Crippen LogP contribution in [0.2, 0.25) is 5.02 Å². The van der Waals surface area contributed by atoms with Crippen LogP contribution in [0.1, 0.15) is 13.3 Å². The SMILES string of the molecule is CC(NS(=O)(=O)c1ccc(Cl)cc1)C(=O)NC(CC(F)F)C(=O)O. The van der Waals surface area contributed by atoms with E-state index < -0.39 is 46.8 Å². The predicted molar refractivity (Wildman–Crippen MR) is 81.4 cm³/mol. The van der Waals surface area contributed by atoms with Crippen LogP contribution in [0.4, 0.5) is 8.78 Å². The van der Waals surface area contributed by atoms with Crippen LogP contribution in [0.25, 0.3) is 0 Å². The molecule has 1 aromatic rings. The molecular formula is C13H15ClF2N2O5S. The van der Waals surface area contributed by atoms with Crippen molar-refractivity contribution in [1.82, 2.24) is 10.0 Å². The zero-order valence-corrected chi connectivity index (χ0v) is 13.9. The number of hydrogen-bond donors (Lipinski definition) is 3. The monoisotopic (exact) mass is 384 g/mol. The molecule has 0 aromatic heterocycles. The number of sulfonamides is 1. The number of carboxylic acid groups (broad SMARTS) is 1. The van der Waals surface area contributed by atoms with E-state index in [9.17, 15) is 26.8 Å². The molecule has 0 bridgehead atoms. The first-order valence-corrected chi connectivity index (χ1v) is 8.48. The number of hydrogen-bond acceptors (Lipinski definition) is 4. The molecule has 2 atom stereocenters. The molecule has 0 spiro atoms. The van der Waals surface area contributed by atoms with Crippen LogP contribution >= 0.6 is 11.6 Å². The molecule has 3 N–H and O–H groups in total. The average Bonchev–Trinajstić information content (AvgIpc) is 2.45. The third kappa shape index (κ3) is 6.02. The maximum Gasteiger partial charge on any atom is 0.326 e. The van der Waals surface area contributed by atoms with Crippen molar-refractivity contribution in [3.8, 4) is 0 Å². The fourth-order valence-electron chi connectivity index (χ4n) is 1.66. The lowest BCUT2D eigenvalue weighted by molar-refractivity contribution is -0.143. The van der Waals surface area contributed by atoms with E-state index in [4.69, 9.17) is 16.7 Å². The Morgan fingerprint density at radius 3 is 2.25 bits per heavy atom. The van der Waals surface area contributed by atoms with Gasteiger partial charge in [0.15, 0.2) is 0 Å². The molecule has 24 heavy (non-hydrogen) atoms. The summed E-state index contributed by atoms with van der Waals surface area (Å²) in [7, 11) is -4.07. The second-order valence-corrected chi connectivity index (χ2v) is 6.97. The summed E-state index contributed by atoms with van der Waals surface area (Å²) < 4.78 is 50.8. The Morgan fingerprint density at radius 1 is 1.25 bits per heavy atom. The van der Waals surface area contributed by atoms with Crippen molar-refractivity contribution in [2.75, 3.05) is 0 Å². The van der Waals surface area contributed by atoms with Gasteiger partial charge in [0.05, 0.1) is 10.9 Å². The van der Waals surface area contributed by atoms with E-state index in [1.807, 2.05) is 10.0 Å². The van der Waals surface area contributed by atoms with E-state index in [1.165, 1.54) is 24.3 Å². The summed E-state index contributed by atoms with van der Waals surface area (Å²) in [6.45, 7) is 1.16. The van der Waals surface area contributed by atoms with Gasteiger partial charge in [0, 0.05) is 11.4 Å². The Hall–Kier alpha value is -1.78. The molecule has 0 aliphatic rings. The third-order valence-corrected chi connectivity index (χ3v) is 4.69. The number of halogens is 3. The van der Waals surface area contributed by atoms with Gasteiger partial charge in [0.25, 0.3) is 0 Å². The van der Waals surface area contributed by atoms with Gasteiger partial charge in [-0.1, -0.05) is 11.6 Å². The maximum atomic E-state index is 12.3. The number of carbonyl (C=O) groups excluding carboxylic acids is 1. The molecule has 1 amide bonds. The third-order valence-electron chi connectivity index (χ3n) is 2.88. The first-order valence-electron chi connectivity index (χ1n) is 6.62. The molecule has 0 saturated heterocycles. The molecule has 0 heterocycles. The van der Waals surface area contributed by atoms with Gasteiger partial charge in [0.1, 0.15) is 6.04 Å². The molecule has 1 rings (SSSR count). The summed E-state index contributed by atoms with van der Waals surface area (Å²) in [5.74, 6) is -2.68. The largest absolute Gasteiger partial charge is 0.480 e. The molecular weight excluding hydrogens is 370 g/mol. The summed E-state index contributed by atoms with van der Waals surface area (Å²) in [6.07, 6.45) is -4.02. The Kier molecular flexibility index (Phi) is 7.06. The highest BCUT2D eigenvalue weighted by Gasteiger charge is 2.28. The Morgan fingerprint density at radius 2 is 1.79 bits per heavy atom. The summed E-state index contributed by atoms with van der Waals surface area (Å²) in [4.78, 5) is 22.5. The topological polar surface area (TPSA) is 113 Å². The minimum Gasteiger partial charge on any atom is -0.480 e. The van der Waals surface area contributed by atoms with Crippen LogP contribution in [0, 0.1) is 0 Å². The van der Waals surface area contributed by atoms with Gasteiger partial charge < -0.3 is 10.4 Å². The number of benzene rings is 1. The minimum absolute atomic E-state index is 0.158. The van der Waals surface area contributed by atoms with Crippen molar-refractivity contribution in [3.63, 3.8) is 0 Å². The second-order valence-electron chi connectivity index (χ2n) is 4.82. The molecule has 0 aliphatic carbocycles. The quantitative estimate of drug-likeness (QED) is 0.624. The highest BCUT2D eigenvalue weighted by atomic mass is 35.5. The summed E-state index contributed by atoms with van der Waals surface area (Å²) in [5, 5.41) is 11.0. The van der Waals surface area contributed by atoms with Crippen LogP contribution in [0.5, 0.6) is 0 Å². The van der Waals surface area contributed by atoms with Crippen molar-refractivity contribution in [2.24, 2.45) is 0 Å². The molecule has 0 fully saturated rings. The fourth-order valence-corrected chi connectivity index (χ4v) is 2.99. The standard InChI is InChI=1S/C13H15ClF2N2O5S/c1-7(12(19)17-10(13(20)21)6-11(15)16)18-24(22,23)9-4-2-8(14)3-5-9/h2-5,7,10-11,18H,6H2,1H3,(H,17,19)(H,20,21). The van der Waals surface area contributed by atoms with Crippen LogP contribution in [0.3, 0.4) is 0 Å². The van der Waals surface area contributed by atoms with E-state index in [2.05, 4.69) is 0 Å². The Bertz CT molecular complexity index is 697. The molecule has 0 aliphatic heterocycles. The molecule has 7 nitrogen and oxygen atoms in total. The van der Waals surface area contributed by atoms with Crippen LogP contribution < -0.4 is 10.0 Å². The van der Waals surface area contributed by atoms with E-state index in [-0.39, 0.29) is 4.90 Å². The zero-order valence-electron chi connectivity index (χ0n) is 12.4. The highest BCUT2D eigenvalue weighted by molar-refractivity contribution is 7.89. The normalized spacial score (nSPS) is 14.2.